The van der Waals surface area contributed by atoms with Crippen LogP contribution in [0.3, 0.4) is 0 Å². The van der Waals surface area contributed by atoms with Gasteiger partial charge in [-0.2, -0.15) is 0 Å². The normalized spacial score (nSPS) is 31.8. The summed E-state index contributed by atoms with van der Waals surface area (Å²) in [4.78, 5) is 42.0. The molecule has 33 heavy (non-hydrogen) atoms. The Bertz CT molecular complexity index is 1160. The number of allylic oxidation sites excluding steroid dienone is 2. The lowest BCUT2D eigenvalue weighted by molar-refractivity contribution is -0.146. The topological polar surface area (TPSA) is 86.7 Å². The first kappa shape index (κ1) is 20.5. The monoisotopic (exact) mass is 462 g/mol. The van der Waals surface area contributed by atoms with Gasteiger partial charge in [0.2, 0.25) is 17.7 Å². The van der Waals surface area contributed by atoms with Crippen molar-refractivity contribution in [3.8, 4) is 5.75 Å². The number of rotatable bonds is 5. The summed E-state index contributed by atoms with van der Waals surface area (Å²) in [6.07, 6.45) is 5.51. The first-order valence-electron chi connectivity index (χ1n) is 11.3. The van der Waals surface area contributed by atoms with E-state index < -0.39 is 11.9 Å². The van der Waals surface area contributed by atoms with E-state index >= 15 is 0 Å². The number of carbonyl (C=O) groups is 3. The number of imide groups is 1. The first-order valence-corrected chi connectivity index (χ1v) is 11.7. The molecule has 2 aromatic carbocycles. The Morgan fingerprint density at radius 3 is 2.30 bits per heavy atom. The minimum absolute atomic E-state index is 0.0869. The van der Waals surface area contributed by atoms with Crippen LogP contribution in [-0.2, 0) is 20.8 Å². The van der Waals surface area contributed by atoms with Gasteiger partial charge in [0, 0.05) is 11.4 Å². The molecule has 3 amide bonds. The maximum Gasteiger partial charge on any atom is 0.248 e. The second-order valence-corrected chi connectivity index (χ2v) is 9.99. The standard InChI is InChI=1S/C26H23ClN2O4/c27-14-6-9-21(30)19(11-14)28-24(31)20(10-13-4-2-1-3-5-13)29-25(32)22-15-7-8-16(18-12-17(15)18)23(22)26(29)33/h1-9,11,15-18,20,22-23,30H,10,12H2,(H,28,31)/t15-,16-,17-,18-,20-,22-,23+/m1/s1. The highest BCUT2D eigenvalue weighted by atomic mass is 35.5. The summed E-state index contributed by atoms with van der Waals surface area (Å²) in [6, 6.07) is 12.7. The number of halogens is 1. The Balaban J connectivity index is 1.34. The predicted octanol–water partition coefficient (Wildman–Crippen LogP) is 3.65. The number of phenolic OH excluding ortho intramolecular Hbond substituents is 1. The number of carbonyl (C=O) groups excluding carboxylic acids is 3. The Kier molecular flexibility index (Phi) is 4.63. The molecule has 6 nitrogen and oxygen atoms in total. The lowest BCUT2D eigenvalue weighted by Gasteiger charge is -2.37. The predicted molar refractivity (Wildman–Crippen MR) is 122 cm³/mol. The van der Waals surface area contributed by atoms with E-state index in [9.17, 15) is 19.5 Å². The molecule has 1 heterocycles. The van der Waals surface area contributed by atoms with Gasteiger partial charge in [0.15, 0.2) is 0 Å². The van der Waals surface area contributed by atoms with Crippen molar-refractivity contribution in [2.24, 2.45) is 35.5 Å². The van der Waals surface area contributed by atoms with Crippen molar-refractivity contribution in [2.45, 2.75) is 18.9 Å². The van der Waals surface area contributed by atoms with Crippen LogP contribution < -0.4 is 5.32 Å². The van der Waals surface area contributed by atoms with Crippen LogP contribution >= 0.6 is 11.6 Å². The average molecular weight is 463 g/mol. The fourth-order valence-corrected chi connectivity index (χ4v) is 6.42. The number of anilines is 1. The molecule has 2 saturated carbocycles. The number of likely N-dealkylation sites (tertiary alicyclic amines) is 1. The van der Waals surface area contributed by atoms with E-state index in [0.717, 1.165) is 12.0 Å². The molecule has 7 rings (SSSR count). The Morgan fingerprint density at radius 1 is 1.03 bits per heavy atom. The average Bonchev–Trinajstić information content (AvgIpc) is 3.59. The number of phenols is 1. The van der Waals surface area contributed by atoms with Gasteiger partial charge >= 0.3 is 0 Å². The smallest absolute Gasteiger partial charge is 0.248 e. The number of benzene rings is 2. The third-order valence-corrected chi connectivity index (χ3v) is 8.03. The van der Waals surface area contributed by atoms with Gasteiger partial charge < -0.3 is 10.4 Å². The Hall–Kier alpha value is -3.12. The molecule has 0 spiro atoms. The highest BCUT2D eigenvalue weighted by Gasteiger charge is 2.67. The van der Waals surface area contributed by atoms with Crippen LogP contribution in [0.5, 0.6) is 5.75 Å². The van der Waals surface area contributed by atoms with Crippen LogP contribution in [0.4, 0.5) is 5.69 Å². The zero-order valence-electron chi connectivity index (χ0n) is 17.7. The fourth-order valence-electron chi connectivity index (χ4n) is 6.25. The maximum absolute atomic E-state index is 13.6. The van der Waals surface area contributed by atoms with Crippen LogP contribution in [0.15, 0.2) is 60.7 Å². The number of hydrogen-bond donors (Lipinski definition) is 2. The molecular weight excluding hydrogens is 440 g/mol. The number of aromatic hydroxyl groups is 1. The van der Waals surface area contributed by atoms with Gasteiger partial charge in [0.05, 0.1) is 17.5 Å². The van der Waals surface area contributed by atoms with Gasteiger partial charge in [-0.05, 0) is 53.9 Å². The van der Waals surface area contributed by atoms with Gasteiger partial charge in [-0.1, -0.05) is 54.1 Å². The van der Waals surface area contributed by atoms with E-state index in [1.54, 1.807) is 0 Å². The van der Waals surface area contributed by atoms with Crippen molar-refractivity contribution in [1.82, 2.24) is 4.90 Å². The maximum atomic E-state index is 13.6. The third kappa shape index (κ3) is 3.19. The highest BCUT2D eigenvalue weighted by molar-refractivity contribution is 6.31. The number of amides is 3. The summed E-state index contributed by atoms with van der Waals surface area (Å²) in [5.41, 5.74) is 0.984. The molecule has 1 saturated heterocycles. The van der Waals surface area contributed by atoms with Crippen molar-refractivity contribution in [3.05, 3.63) is 71.3 Å². The summed E-state index contributed by atoms with van der Waals surface area (Å²) in [6.45, 7) is 0. The molecule has 0 aromatic heterocycles. The van der Waals surface area contributed by atoms with E-state index in [1.165, 1.54) is 23.1 Å². The number of nitrogens with one attached hydrogen (secondary N) is 1. The number of hydrogen-bond acceptors (Lipinski definition) is 4. The summed E-state index contributed by atoms with van der Waals surface area (Å²) < 4.78 is 0. The molecule has 168 valence electrons. The zero-order chi connectivity index (χ0) is 22.9. The third-order valence-electron chi connectivity index (χ3n) is 7.80. The number of nitrogens with zero attached hydrogens (tertiary/aromatic N) is 1. The van der Waals surface area contributed by atoms with Crippen LogP contribution in [0.25, 0.3) is 0 Å². The van der Waals surface area contributed by atoms with Crippen molar-refractivity contribution >= 4 is 35.0 Å². The summed E-state index contributed by atoms with van der Waals surface area (Å²) >= 11 is 6.03. The summed E-state index contributed by atoms with van der Waals surface area (Å²) in [5, 5.41) is 13.2. The van der Waals surface area contributed by atoms with Gasteiger partial charge in [-0.15, -0.1) is 0 Å². The van der Waals surface area contributed by atoms with Gasteiger partial charge in [0.1, 0.15) is 11.8 Å². The molecule has 5 aliphatic rings. The van der Waals surface area contributed by atoms with E-state index in [1.807, 2.05) is 30.3 Å². The van der Waals surface area contributed by atoms with E-state index in [-0.39, 0.29) is 53.3 Å². The molecule has 3 fully saturated rings. The Morgan fingerprint density at radius 2 is 1.67 bits per heavy atom. The molecule has 4 aliphatic carbocycles. The minimum atomic E-state index is -1.02. The van der Waals surface area contributed by atoms with Crippen molar-refractivity contribution < 1.29 is 19.5 Å². The molecule has 2 bridgehead atoms. The van der Waals surface area contributed by atoms with Crippen LogP contribution in [0, 0.1) is 35.5 Å². The van der Waals surface area contributed by atoms with Gasteiger partial charge in [-0.3, -0.25) is 19.3 Å². The minimum Gasteiger partial charge on any atom is -0.506 e. The molecule has 2 N–H and O–H groups in total. The van der Waals surface area contributed by atoms with Gasteiger partial charge in [-0.25, -0.2) is 0 Å². The van der Waals surface area contributed by atoms with Crippen molar-refractivity contribution in [1.29, 1.82) is 0 Å². The Labute approximate surface area is 196 Å². The van der Waals surface area contributed by atoms with Crippen molar-refractivity contribution in [3.63, 3.8) is 0 Å². The van der Waals surface area contributed by atoms with E-state index in [4.69, 9.17) is 11.6 Å². The van der Waals surface area contributed by atoms with Crippen LogP contribution in [-0.4, -0.2) is 33.8 Å². The molecular formula is C26H23ClN2O4. The van der Waals surface area contributed by atoms with E-state index in [2.05, 4.69) is 17.5 Å². The molecule has 7 atom stereocenters. The lowest BCUT2D eigenvalue weighted by atomic mass is 9.63. The van der Waals surface area contributed by atoms with E-state index in [0.29, 0.717) is 16.9 Å². The lowest BCUT2D eigenvalue weighted by Crippen LogP contribution is -2.49. The SMILES string of the molecule is O=C(Nc1cc(Cl)ccc1O)[C@@H](Cc1ccccc1)N1C(=O)[C@@H]2[C@@H]3C=C[C@H]([C@H]4C[C@H]34)[C@@H]2C1=O. The molecule has 1 aliphatic heterocycles. The quantitative estimate of drug-likeness (QED) is 0.403. The summed E-state index contributed by atoms with van der Waals surface area (Å²) in [5.74, 6) is -0.757. The second-order valence-electron chi connectivity index (χ2n) is 9.56. The van der Waals surface area contributed by atoms with Crippen LogP contribution in [0.1, 0.15) is 12.0 Å². The van der Waals surface area contributed by atoms with Gasteiger partial charge in [0.25, 0.3) is 0 Å². The molecule has 0 radical (unpaired) electrons. The molecule has 0 unspecified atom stereocenters. The highest BCUT2D eigenvalue weighted by Crippen LogP contribution is 2.65. The second kappa shape index (κ2) is 7.45. The van der Waals surface area contributed by atoms with Crippen molar-refractivity contribution in [2.75, 3.05) is 5.32 Å². The largest absolute Gasteiger partial charge is 0.506 e. The first-order chi connectivity index (χ1) is 15.9. The molecule has 7 heteroatoms. The summed E-state index contributed by atoms with van der Waals surface area (Å²) in [7, 11) is 0. The van der Waals surface area contributed by atoms with Crippen LogP contribution in [0.2, 0.25) is 5.02 Å². The zero-order valence-corrected chi connectivity index (χ0v) is 18.5. The molecule has 2 aromatic rings. The fraction of sp³-hybridized carbons (Fsp3) is 0.346.